The van der Waals surface area contributed by atoms with Crippen molar-refractivity contribution in [3.8, 4) is 0 Å². The molecule has 0 bridgehead atoms. The fourth-order valence-corrected chi connectivity index (χ4v) is 2.60. The molecular weight excluding hydrogens is 304 g/mol. The van der Waals surface area contributed by atoms with Crippen LogP contribution in [0.15, 0.2) is 24.3 Å². The van der Waals surface area contributed by atoms with Crippen LogP contribution in [-0.2, 0) is 0 Å². The van der Waals surface area contributed by atoms with E-state index >= 15 is 0 Å². The van der Waals surface area contributed by atoms with Crippen LogP contribution in [0.25, 0.3) is 0 Å². The summed E-state index contributed by atoms with van der Waals surface area (Å²) in [6.07, 6.45) is 0.790. The maximum atomic E-state index is 12.6. The van der Waals surface area contributed by atoms with Gasteiger partial charge in [-0.3, -0.25) is 4.79 Å². The van der Waals surface area contributed by atoms with Crippen LogP contribution in [0, 0.1) is 5.41 Å². The lowest BCUT2D eigenvalue weighted by atomic mass is 9.79. The molecule has 22 heavy (non-hydrogen) atoms. The maximum Gasteiger partial charge on any atom is 0.316 e. The number of hydrogen-bond donors (Lipinski definition) is 3. The third-order valence-corrected chi connectivity index (χ3v) is 3.98. The van der Waals surface area contributed by atoms with Crippen molar-refractivity contribution in [1.29, 1.82) is 0 Å². The lowest BCUT2D eigenvalue weighted by Gasteiger charge is -2.42. The van der Waals surface area contributed by atoms with Gasteiger partial charge >= 0.3 is 6.03 Å². The Morgan fingerprint density at radius 2 is 2.05 bits per heavy atom. The zero-order valence-electron chi connectivity index (χ0n) is 12.8. The molecule has 1 aromatic carbocycles. The quantitative estimate of drug-likeness (QED) is 0.772. The van der Waals surface area contributed by atoms with Crippen LogP contribution >= 0.6 is 12.4 Å². The van der Waals surface area contributed by atoms with Gasteiger partial charge in [-0.05, 0) is 30.0 Å². The van der Waals surface area contributed by atoms with E-state index in [2.05, 4.69) is 19.2 Å². The van der Waals surface area contributed by atoms with E-state index < -0.39 is 6.03 Å². The van der Waals surface area contributed by atoms with Gasteiger partial charge in [0.25, 0.3) is 5.91 Å². The third kappa shape index (κ3) is 4.11. The summed E-state index contributed by atoms with van der Waals surface area (Å²) in [5, 5.41) is 2.47. The standard InChI is InChI=1S/C15H22N4O2.ClH/c1-15(2)9-19(7-6-12(15)16)13(20)10-4-3-5-11(8-10)18-14(17)21;/h3-5,8,12H,6-7,9,16H2,1-2H3,(H3,17,18,21);1H. The van der Waals surface area contributed by atoms with Crippen LogP contribution in [0.2, 0.25) is 0 Å². The number of halogens is 1. The van der Waals surface area contributed by atoms with Crippen molar-refractivity contribution in [2.75, 3.05) is 18.4 Å². The molecule has 1 aliphatic rings. The molecule has 0 saturated carbocycles. The number of primary amides is 1. The summed E-state index contributed by atoms with van der Waals surface area (Å²) in [4.78, 5) is 25.3. The molecule has 1 heterocycles. The minimum atomic E-state index is -0.648. The highest BCUT2D eigenvalue weighted by Gasteiger charge is 2.35. The molecule has 1 fully saturated rings. The van der Waals surface area contributed by atoms with Crippen molar-refractivity contribution in [1.82, 2.24) is 4.90 Å². The normalized spacial score (nSPS) is 20.0. The van der Waals surface area contributed by atoms with E-state index in [0.29, 0.717) is 24.3 Å². The monoisotopic (exact) mass is 326 g/mol. The Hall–Kier alpha value is -1.79. The summed E-state index contributed by atoms with van der Waals surface area (Å²) >= 11 is 0. The van der Waals surface area contributed by atoms with Crippen molar-refractivity contribution in [3.05, 3.63) is 29.8 Å². The van der Waals surface area contributed by atoms with Gasteiger partial charge in [-0.15, -0.1) is 12.4 Å². The van der Waals surface area contributed by atoms with Crippen molar-refractivity contribution in [2.24, 2.45) is 16.9 Å². The summed E-state index contributed by atoms with van der Waals surface area (Å²) in [5.41, 5.74) is 12.1. The van der Waals surface area contributed by atoms with E-state index in [-0.39, 0.29) is 29.8 Å². The Morgan fingerprint density at radius 1 is 1.36 bits per heavy atom. The largest absolute Gasteiger partial charge is 0.351 e. The van der Waals surface area contributed by atoms with Crippen LogP contribution in [0.5, 0.6) is 0 Å². The average molecular weight is 327 g/mol. The van der Waals surface area contributed by atoms with Crippen LogP contribution in [-0.4, -0.2) is 36.0 Å². The number of rotatable bonds is 2. The molecule has 0 aliphatic carbocycles. The van der Waals surface area contributed by atoms with Gasteiger partial charge in [-0.2, -0.15) is 0 Å². The van der Waals surface area contributed by atoms with Crippen molar-refractivity contribution in [2.45, 2.75) is 26.3 Å². The number of anilines is 1. The summed E-state index contributed by atoms with van der Waals surface area (Å²) in [7, 11) is 0. The first-order valence-electron chi connectivity index (χ1n) is 7.01. The predicted molar refractivity (Wildman–Crippen MR) is 89.2 cm³/mol. The summed E-state index contributed by atoms with van der Waals surface area (Å²) in [5.74, 6) is -0.0527. The second-order valence-electron chi connectivity index (χ2n) is 6.18. The van der Waals surface area contributed by atoms with Gasteiger partial charge in [0.2, 0.25) is 0 Å². The number of benzene rings is 1. The molecule has 1 atom stereocenters. The highest BCUT2D eigenvalue weighted by molar-refractivity contribution is 5.96. The van der Waals surface area contributed by atoms with E-state index in [9.17, 15) is 9.59 Å². The minimum Gasteiger partial charge on any atom is -0.351 e. The second-order valence-corrected chi connectivity index (χ2v) is 6.18. The van der Waals surface area contributed by atoms with Crippen LogP contribution < -0.4 is 16.8 Å². The number of nitrogens with zero attached hydrogens (tertiary/aromatic N) is 1. The number of carbonyl (C=O) groups is 2. The number of amides is 3. The molecule has 122 valence electrons. The van der Waals surface area contributed by atoms with Gasteiger partial charge in [-0.1, -0.05) is 19.9 Å². The van der Waals surface area contributed by atoms with Gasteiger partial charge in [0.1, 0.15) is 0 Å². The lowest BCUT2D eigenvalue weighted by molar-refractivity contribution is 0.0533. The fraction of sp³-hybridized carbons (Fsp3) is 0.467. The van der Waals surface area contributed by atoms with Crippen LogP contribution in [0.1, 0.15) is 30.6 Å². The molecule has 1 unspecified atom stereocenters. The molecule has 1 aliphatic heterocycles. The number of carbonyl (C=O) groups excluding carboxylic acids is 2. The Labute approximate surface area is 136 Å². The first-order valence-corrected chi connectivity index (χ1v) is 7.01. The zero-order valence-corrected chi connectivity index (χ0v) is 13.7. The highest BCUT2D eigenvalue weighted by atomic mass is 35.5. The summed E-state index contributed by atoms with van der Waals surface area (Å²) < 4.78 is 0. The van der Waals surface area contributed by atoms with Crippen molar-refractivity contribution >= 4 is 30.0 Å². The Morgan fingerprint density at radius 3 is 2.64 bits per heavy atom. The van der Waals surface area contributed by atoms with Gasteiger partial charge in [0.15, 0.2) is 0 Å². The SMILES string of the molecule is CC1(C)CN(C(=O)c2cccc(NC(N)=O)c2)CCC1N.Cl. The van der Waals surface area contributed by atoms with Crippen molar-refractivity contribution in [3.63, 3.8) is 0 Å². The van der Waals surface area contributed by atoms with Crippen molar-refractivity contribution < 1.29 is 9.59 Å². The van der Waals surface area contributed by atoms with E-state index in [4.69, 9.17) is 11.5 Å². The smallest absolute Gasteiger partial charge is 0.316 e. The number of nitrogens with two attached hydrogens (primary N) is 2. The Balaban J connectivity index is 0.00000242. The van der Waals surface area contributed by atoms with Gasteiger partial charge in [0, 0.05) is 30.4 Å². The number of nitrogens with one attached hydrogen (secondary N) is 1. The Bertz CT molecular complexity index is 562. The second kappa shape index (κ2) is 6.98. The van der Waals surface area contributed by atoms with E-state index in [1.807, 2.05) is 4.90 Å². The molecule has 2 rings (SSSR count). The minimum absolute atomic E-state index is 0. The van der Waals surface area contributed by atoms with Crippen LogP contribution in [0.3, 0.4) is 0 Å². The number of piperidine rings is 1. The average Bonchev–Trinajstić information content (AvgIpc) is 2.40. The number of hydrogen-bond acceptors (Lipinski definition) is 3. The predicted octanol–water partition coefficient (Wildman–Crippen LogP) is 1.80. The molecule has 0 aromatic heterocycles. The van der Waals surface area contributed by atoms with E-state index in [1.54, 1.807) is 24.3 Å². The molecule has 5 N–H and O–H groups in total. The van der Waals surface area contributed by atoms with Crippen LogP contribution in [0.4, 0.5) is 10.5 Å². The topological polar surface area (TPSA) is 101 Å². The van der Waals surface area contributed by atoms with E-state index in [1.165, 1.54) is 0 Å². The molecule has 0 spiro atoms. The first-order chi connectivity index (χ1) is 9.79. The lowest BCUT2D eigenvalue weighted by Crippen LogP contribution is -2.54. The molecule has 3 amide bonds. The molecule has 0 radical (unpaired) electrons. The van der Waals surface area contributed by atoms with Gasteiger partial charge < -0.3 is 21.7 Å². The highest BCUT2D eigenvalue weighted by Crippen LogP contribution is 2.28. The number of urea groups is 1. The Kier molecular flexibility index (Phi) is 5.79. The van der Waals surface area contributed by atoms with Gasteiger partial charge in [0.05, 0.1) is 0 Å². The molecule has 1 aromatic rings. The first kappa shape index (κ1) is 18.3. The molecular formula is C15H23ClN4O2. The van der Waals surface area contributed by atoms with Gasteiger partial charge in [-0.25, -0.2) is 4.79 Å². The van der Waals surface area contributed by atoms with E-state index in [0.717, 1.165) is 6.42 Å². The summed E-state index contributed by atoms with van der Waals surface area (Å²) in [6.45, 7) is 5.42. The molecule has 7 heteroatoms. The molecule has 1 saturated heterocycles. The molecule has 6 nitrogen and oxygen atoms in total. The number of likely N-dealkylation sites (tertiary alicyclic amines) is 1. The maximum absolute atomic E-state index is 12.6. The fourth-order valence-electron chi connectivity index (χ4n) is 2.60. The zero-order chi connectivity index (χ0) is 15.6. The summed E-state index contributed by atoms with van der Waals surface area (Å²) in [6, 6.07) is 6.23. The third-order valence-electron chi connectivity index (χ3n) is 3.98.